The summed E-state index contributed by atoms with van der Waals surface area (Å²) in [6, 6.07) is 12.7. The van der Waals surface area contributed by atoms with Gasteiger partial charge in [0.1, 0.15) is 0 Å². The molecule has 1 atom stereocenters. The Bertz CT molecular complexity index is 1150. The normalized spacial score (nSPS) is 18.4. The number of hydrogen-bond acceptors (Lipinski definition) is 4. The number of rotatable bonds is 6. The van der Waals surface area contributed by atoms with Crippen LogP contribution >= 0.6 is 0 Å². The van der Waals surface area contributed by atoms with Crippen molar-refractivity contribution in [3.8, 4) is 0 Å². The fraction of sp³-hybridized carbons (Fsp3) is 0.429. The molecule has 3 amide bonds. The number of aryl methyl sites for hydroxylation is 2. The van der Waals surface area contributed by atoms with Gasteiger partial charge in [0.2, 0.25) is 6.17 Å². The number of nitrogens with zero attached hydrogens (tertiary/aromatic N) is 2. The monoisotopic (exact) mass is 474 g/mol. The molecule has 7 heteroatoms. The van der Waals surface area contributed by atoms with Crippen LogP contribution in [0.1, 0.15) is 62.1 Å². The van der Waals surface area contributed by atoms with E-state index >= 15 is 0 Å². The zero-order valence-corrected chi connectivity index (χ0v) is 20.8. The van der Waals surface area contributed by atoms with Gasteiger partial charge in [-0.1, -0.05) is 56.5 Å². The van der Waals surface area contributed by atoms with E-state index in [0.717, 1.165) is 54.5 Å². The third kappa shape index (κ3) is 5.61. The minimum absolute atomic E-state index is 0.00839. The Kier molecular flexibility index (Phi) is 7.63. The van der Waals surface area contributed by atoms with Crippen molar-refractivity contribution >= 4 is 34.8 Å². The summed E-state index contributed by atoms with van der Waals surface area (Å²) in [6.45, 7) is 5.85. The van der Waals surface area contributed by atoms with E-state index < -0.39 is 18.1 Å². The Morgan fingerprint density at radius 1 is 1.06 bits per heavy atom. The Morgan fingerprint density at radius 2 is 1.80 bits per heavy atom. The first kappa shape index (κ1) is 24.6. The second-order valence-electron chi connectivity index (χ2n) is 9.50. The van der Waals surface area contributed by atoms with Gasteiger partial charge in [0.05, 0.1) is 12.2 Å². The lowest BCUT2D eigenvalue weighted by Gasteiger charge is -2.29. The number of carbonyl (C=O) groups is 3. The van der Waals surface area contributed by atoms with E-state index in [1.807, 2.05) is 57.2 Å². The predicted molar refractivity (Wildman–Crippen MR) is 139 cm³/mol. The SMILES string of the molecule is CCC1=N[C@@H](NC(=O)Nc2cccc(C)c2)C(=O)N(CC(=O)C2CCCCC2)c2c(C)cccc21. The van der Waals surface area contributed by atoms with Crippen molar-refractivity contribution in [2.24, 2.45) is 10.9 Å². The van der Waals surface area contributed by atoms with Crippen molar-refractivity contribution < 1.29 is 14.4 Å². The van der Waals surface area contributed by atoms with Crippen molar-refractivity contribution in [2.45, 2.75) is 65.5 Å². The molecular formula is C28H34N4O3. The lowest BCUT2D eigenvalue weighted by atomic mass is 9.86. The molecule has 0 radical (unpaired) electrons. The van der Waals surface area contributed by atoms with Crippen molar-refractivity contribution in [3.63, 3.8) is 0 Å². The van der Waals surface area contributed by atoms with Gasteiger partial charge in [-0.05, 0) is 56.4 Å². The molecule has 0 unspecified atom stereocenters. The molecule has 1 aliphatic heterocycles. The van der Waals surface area contributed by atoms with Crippen molar-refractivity contribution in [1.82, 2.24) is 5.32 Å². The predicted octanol–water partition coefficient (Wildman–Crippen LogP) is 5.15. The first-order valence-electron chi connectivity index (χ1n) is 12.5. The molecule has 4 rings (SSSR count). The largest absolute Gasteiger partial charge is 0.321 e. The molecule has 2 aromatic rings. The summed E-state index contributed by atoms with van der Waals surface area (Å²) >= 11 is 0. The van der Waals surface area contributed by atoms with Crippen LogP contribution in [0.3, 0.4) is 0 Å². The third-order valence-electron chi connectivity index (χ3n) is 6.86. The summed E-state index contributed by atoms with van der Waals surface area (Å²) in [7, 11) is 0. The molecule has 2 aromatic carbocycles. The number of fused-ring (bicyclic) bond motifs is 1. The standard InChI is InChI=1S/C28H34N4O3/c1-4-23-22-15-9-11-19(3)25(22)32(17-24(33)20-12-6-5-7-13-20)27(34)26(30-23)31-28(35)29-21-14-8-10-18(2)16-21/h8-11,14-16,20,26H,4-7,12-13,17H2,1-3H3,(H2,29,31,35)/t26-/m0/s1. The molecule has 2 aliphatic rings. The van der Waals surface area contributed by atoms with Crippen LogP contribution in [-0.2, 0) is 9.59 Å². The van der Waals surface area contributed by atoms with E-state index in [1.165, 1.54) is 0 Å². The Morgan fingerprint density at radius 3 is 2.51 bits per heavy atom. The van der Waals surface area contributed by atoms with Gasteiger partial charge in [0.15, 0.2) is 5.78 Å². The maximum Gasteiger partial charge on any atom is 0.321 e. The molecule has 1 heterocycles. The Labute approximate surface area is 207 Å². The van der Waals surface area contributed by atoms with Crippen LogP contribution in [0.15, 0.2) is 47.5 Å². The van der Waals surface area contributed by atoms with Gasteiger partial charge in [-0.2, -0.15) is 0 Å². The second kappa shape index (κ2) is 10.8. The summed E-state index contributed by atoms with van der Waals surface area (Å²) in [6.07, 6.45) is 4.47. The van der Waals surface area contributed by atoms with Crippen LogP contribution in [-0.4, -0.2) is 36.1 Å². The molecule has 1 saturated carbocycles. The molecule has 7 nitrogen and oxygen atoms in total. The Hall–Kier alpha value is -3.48. The van der Waals surface area contributed by atoms with Crippen LogP contribution in [0, 0.1) is 19.8 Å². The number of hydrogen-bond donors (Lipinski definition) is 2. The number of ketones is 1. The fourth-order valence-corrected chi connectivity index (χ4v) is 5.04. The van der Waals surface area contributed by atoms with Crippen LogP contribution in [0.2, 0.25) is 0 Å². The number of urea groups is 1. The quantitative estimate of drug-likeness (QED) is 0.607. The number of carbonyl (C=O) groups excluding carboxylic acids is 3. The first-order chi connectivity index (χ1) is 16.9. The number of para-hydroxylation sites is 1. The highest BCUT2D eigenvalue weighted by molar-refractivity contribution is 6.15. The first-order valence-corrected chi connectivity index (χ1v) is 12.5. The number of Topliss-reactive ketones (excluding diaryl/α,β-unsaturated/α-hetero) is 1. The van der Waals surface area contributed by atoms with Gasteiger partial charge in [0.25, 0.3) is 5.91 Å². The fourth-order valence-electron chi connectivity index (χ4n) is 5.04. The summed E-state index contributed by atoms with van der Waals surface area (Å²) < 4.78 is 0. The van der Waals surface area contributed by atoms with Crippen LogP contribution in [0.5, 0.6) is 0 Å². The van der Waals surface area contributed by atoms with E-state index in [1.54, 1.807) is 11.0 Å². The van der Waals surface area contributed by atoms with Gasteiger partial charge in [-0.15, -0.1) is 0 Å². The molecule has 1 aliphatic carbocycles. The van der Waals surface area contributed by atoms with Crippen molar-refractivity contribution in [3.05, 3.63) is 59.2 Å². The lowest BCUT2D eigenvalue weighted by Crippen LogP contribution is -2.50. The van der Waals surface area contributed by atoms with Gasteiger partial charge in [-0.3, -0.25) is 14.6 Å². The zero-order valence-electron chi connectivity index (χ0n) is 20.8. The average molecular weight is 475 g/mol. The van der Waals surface area contributed by atoms with Gasteiger partial charge in [-0.25, -0.2) is 4.79 Å². The van der Waals surface area contributed by atoms with Gasteiger partial charge >= 0.3 is 6.03 Å². The number of aliphatic imine (C=N–C) groups is 1. The van der Waals surface area contributed by atoms with E-state index in [2.05, 4.69) is 15.6 Å². The summed E-state index contributed by atoms with van der Waals surface area (Å²) in [5.74, 6) is -0.336. The molecule has 1 fully saturated rings. The number of nitrogens with one attached hydrogen (secondary N) is 2. The van der Waals surface area contributed by atoms with Crippen molar-refractivity contribution in [2.75, 3.05) is 16.8 Å². The smallest absolute Gasteiger partial charge is 0.308 e. The summed E-state index contributed by atoms with van der Waals surface area (Å²) in [5.41, 5.74) is 4.82. The van der Waals surface area contributed by atoms with Gasteiger partial charge in [0, 0.05) is 22.9 Å². The van der Waals surface area contributed by atoms with Crippen LogP contribution in [0.25, 0.3) is 0 Å². The average Bonchev–Trinajstić information content (AvgIpc) is 2.95. The summed E-state index contributed by atoms with van der Waals surface area (Å²) in [4.78, 5) is 46.1. The molecule has 184 valence electrons. The van der Waals surface area contributed by atoms with E-state index in [-0.39, 0.29) is 18.2 Å². The minimum Gasteiger partial charge on any atom is -0.308 e. The molecule has 0 aromatic heterocycles. The molecule has 0 spiro atoms. The number of amides is 3. The zero-order chi connectivity index (χ0) is 24.9. The topological polar surface area (TPSA) is 90.9 Å². The van der Waals surface area contributed by atoms with E-state index in [0.29, 0.717) is 17.8 Å². The maximum absolute atomic E-state index is 13.8. The summed E-state index contributed by atoms with van der Waals surface area (Å²) in [5, 5.41) is 5.52. The number of anilines is 2. The van der Waals surface area contributed by atoms with E-state index in [9.17, 15) is 14.4 Å². The second-order valence-corrected chi connectivity index (χ2v) is 9.50. The van der Waals surface area contributed by atoms with Crippen LogP contribution in [0.4, 0.5) is 16.2 Å². The van der Waals surface area contributed by atoms with Crippen LogP contribution < -0.4 is 15.5 Å². The molecule has 35 heavy (non-hydrogen) atoms. The lowest BCUT2D eigenvalue weighted by molar-refractivity contribution is -0.126. The molecule has 0 bridgehead atoms. The van der Waals surface area contributed by atoms with Crippen molar-refractivity contribution in [1.29, 1.82) is 0 Å². The highest BCUT2D eigenvalue weighted by Gasteiger charge is 2.35. The molecular weight excluding hydrogens is 440 g/mol. The minimum atomic E-state index is -1.12. The molecule has 2 N–H and O–H groups in total. The van der Waals surface area contributed by atoms with Gasteiger partial charge < -0.3 is 15.5 Å². The number of benzodiazepines with no additional fused rings is 1. The Balaban J connectivity index is 1.64. The third-order valence-corrected chi connectivity index (χ3v) is 6.86. The maximum atomic E-state index is 13.8. The highest BCUT2D eigenvalue weighted by atomic mass is 16.2. The highest BCUT2D eigenvalue weighted by Crippen LogP contribution is 2.32. The molecule has 0 saturated heterocycles. The number of benzene rings is 2. The van der Waals surface area contributed by atoms with E-state index in [4.69, 9.17) is 0 Å².